The molecule has 0 fully saturated rings. The number of carboxylic acid groups (broad SMARTS) is 1. The molecule has 0 saturated carbocycles. The van der Waals surface area contributed by atoms with Gasteiger partial charge in [-0.3, -0.25) is 4.79 Å². The first-order valence-corrected chi connectivity index (χ1v) is 5.50. The Morgan fingerprint density at radius 3 is 2.56 bits per heavy atom. The minimum absolute atomic E-state index is 0.200. The SMILES string of the molecule is CC/C=C(\C)C(=O)Nc1ccc(C(=O)O)c(O)c1. The van der Waals surface area contributed by atoms with Crippen LogP contribution in [0.15, 0.2) is 29.8 Å². The Morgan fingerprint density at radius 1 is 1.39 bits per heavy atom. The summed E-state index contributed by atoms with van der Waals surface area (Å²) in [6.07, 6.45) is 2.53. The summed E-state index contributed by atoms with van der Waals surface area (Å²) < 4.78 is 0. The summed E-state index contributed by atoms with van der Waals surface area (Å²) in [6.45, 7) is 3.61. The number of anilines is 1. The molecule has 0 bridgehead atoms. The highest BCUT2D eigenvalue weighted by Gasteiger charge is 2.11. The Labute approximate surface area is 105 Å². The third-order valence-corrected chi connectivity index (χ3v) is 2.35. The van der Waals surface area contributed by atoms with Crippen molar-refractivity contribution in [3.8, 4) is 5.75 Å². The first-order valence-electron chi connectivity index (χ1n) is 5.50. The van der Waals surface area contributed by atoms with E-state index in [1.165, 1.54) is 18.2 Å². The number of carbonyl (C=O) groups excluding carboxylic acids is 1. The van der Waals surface area contributed by atoms with E-state index in [1.54, 1.807) is 13.0 Å². The second kappa shape index (κ2) is 5.86. The molecule has 5 nitrogen and oxygen atoms in total. The van der Waals surface area contributed by atoms with Gasteiger partial charge in [-0.2, -0.15) is 0 Å². The van der Waals surface area contributed by atoms with Gasteiger partial charge in [-0.15, -0.1) is 0 Å². The van der Waals surface area contributed by atoms with Crippen molar-refractivity contribution >= 4 is 17.6 Å². The van der Waals surface area contributed by atoms with Gasteiger partial charge in [0.15, 0.2) is 0 Å². The first-order chi connectivity index (χ1) is 8.45. The number of aromatic carboxylic acids is 1. The molecular formula is C13H15NO4. The van der Waals surface area contributed by atoms with E-state index >= 15 is 0 Å². The number of allylic oxidation sites excluding steroid dienone is 1. The zero-order chi connectivity index (χ0) is 13.7. The molecule has 0 aliphatic carbocycles. The highest BCUT2D eigenvalue weighted by molar-refractivity contribution is 6.03. The van der Waals surface area contributed by atoms with Crippen molar-refractivity contribution < 1.29 is 19.8 Å². The molecule has 1 aromatic carbocycles. The predicted molar refractivity (Wildman–Crippen MR) is 67.7 cm³/mol. The molecular weight excluding hydrogens is 234 g/mol. The fourth-order valence-electron chi connectivity index (χ4n) is 1.42. The van der Waals surface area contributed by atoms with Crippen LogP contribution in [0.5, 0.6) is 5.75 Å². The summed E-state index contributed by atoms with van der Waals surface area (Å²) in [7, 11) is 0. The molecule has 0 aliphatic heterocycles. The highest BCUT2D eigenvalue weighted by atomic mass is 16.4. The summed E-state index contributed by atoms with van der Waals surface area (Å²) in [4.78, 5) is 22.3. The number of phenols is 1. The van der Waals surface area contributed by atoms with E-state index in [0.29, 0.717) is 11.3 Å². The molecule has 96 valence electrons. The van der Waals surface area contributed by atoms with Gasteiger partial charge in [0.2, 0.25) is 0 Å². The van der Waals surface area contributed by atoms with Crippen LogP contribution >= 0.6 is 0 Å². The van der Waals surface area contributed by atoms with Crippen LogP contribution in [-0.4, -0.2) is 22.1 Å². The number of aromatic hydroxyl groups is 1. The minimum Gasteiger partial charge on any atom is -0.507 e. The third kappa shape index (κ3) is 3.35. The number of rotatable bonds is 4. The summed E-state index contributed by atoms with van der Waals surface area (Å²) in [6, 6.07) is 3.88. The lowest BCUT2D eigenvalue weighted by atomic mass is 10.1. The fourth-order valence-corrected chi connectivity index (χ4v) is 1.42. The van der Waals surface area contributed by atoms with E-state index in [9.17, 15) is 14.7 Å². The van der Waals surface area contributed by atoms with Crippen molar-refractivity contribution in [1.29, 1.82) is 0 Å². The molecule has 0 atom stereocenters. The van der Waals surface area contributed by atoms with Crippen molar-refractivity contribution in [2.45, 2.75) is 20.3 Å². The fraction of sp³-hybridized carbons (Fsp3) is 0.231. The van der Waals surface area contributed by atoms with Crippen LogP contribution in [0.2, 0.25) is 0 Å². The molecule has 1 rings (SSSR count). The number of amides is 1. The second-order valence-electron chi connectivity index (χ2n) is 3.79. The van der Waals surface area contributed by atoms with Gasteiger partial charge in [0.25, 0.3) is 5.91 Å². The third-order valence-electron chi connectivity index (χ3n) is 2.35. The molecule has 0 saturated heterocycles. The first kappa shape index (κ1) is 13.8. The summed E-state index contributed by atoms with van der Waals surface area (Å²) in [5.41, 5.74) is 0.722. The van der Waals surface area contributed by atoms with E-state index in [2.05, 4.69) is 5.32 Å². The Kier molecular flexibility index (Phi) is 4.48. The molecule has 0 aliphatic rings. The lowest BCUT2D eigenvalue weighted by molar-refractivity contribution is -0.112. The molecule has 0 aromatic heterocycles. The van der Waals surface area contributed by atoms with Crippen LogP contribution in [0, 0.1) is 0 Å². The topological polar surface area (TPSA) is 86.6 Å². The molecule has 0 radical (unpaired) electrons. The zero-order valence-corrected chi connectivity index (χ0v) is 10.2. The van der Waals surface area contributed by atoms with Crippen molar-refractivity contribution in [3.63, 3.8) is 0 Å². The zero-order valence-electron chi connectivity index (χ0n) is 10.2. The summed E-state index contributed by atoms with van der Waals surface area (Å²) in [5.74, 6) is -1.87. The average molecular weight is 249 g/mol. The van der Waals surface area contributed by atoms with Crippen molar-refractivity contribution in [3.05, 3.63) is 35.4 Å². The van der Waals surface area contributed by atoms with Crippen LogP contribution in [0.1, 0.15) is 30.6 Å². The monoisotopic (exact) mass is 249 g/mol. The molecule has 1 amide bonds. The van der Waals surface area contributed by atoms with Crippen LogP contribution in [0.4, 0.5) is 5.69 Å². The Balaban J connectivity index is 2.87. The smallest absolute Gasteiger partial charge is 0.339 e. The van der Waals surface area contributed by atoms with Gasteiger partial charge in [-0.1, -0.05) is 13.0 Å². The number of nitrogens with one attached hydrogen (secondary N) is 1. The van der Waals surface area contributed by atoms with Gasteiger partial charge in [-0.25, -0.2) is 4.79 Å². The maximum Gasteiger partial charge on any atom is 0.339 e. The maximum absolute atomic E-state index is 11.7. The molecule has 18 heavy (non-hydrogen) atoms. The standard InChI is InChI=1S/C13H15NO4/c1-3-4-8(2)12(16)14-9-5-6-10(13(17)18)11(15)7-9/h4-7,15H,3H2,1-2H3,(H,14,16)(H,17,18)/b8-4+. The molecule has 3 N–H and O–H groups in total. The normalized spacial score (nSPS) is 11.1. The van der Waals surface area contributed by atoms with Crippen LogP contribution in [0.3, 0.4) is 0 Å². The quantitative estimate of drug-likeness (QED) is 0.715. The Bertz CT molecular complexity index is 506. The largest absolute Gasteiger partial charge is 0.507 e. The minimum atomic E-state index is -1.22. The molecule has 0 spiro atoms. The summed E-state index contributed by atoms with van der Waals surface area (Å²) in [5, 5.41) is 20.8. The molecule has 0 heterocycles. The van der Waals surface area contributed by atoms with Gasteiger partial charge in [0, 0.05) is 17.3 Å². The van der Waals surface area contributed by atoms with E-state index in [1.807, 2.05) is 6.92 Å². The van der Waals surface area contributed by atoms with Gasteiger partial charge in [0.05, 0.1) is 0 Å². The Hall–Kier alpha value is -2.30. The number of hydrogen-bond donors (Lipinski definition) is 3. The van der Waals surface area contributed by atoms with E-state index < -0.39 is 5.97 Å². The maximum atomic E-state index is 11.7. The van der Waals surface area contributed by atoms with Gasteiger partial charge in [0.1, 0.15) is 11.3 Å². The van der Waals surface area contributed by atoms with Gasteiger partial charge in [-0.05, 0) is 25.5 Å². The number of benzene rings is 1. The van der Waals surface area contributed by atoms with E-state index in [4.69, 9.17) is 5.11 Å². The van der Waals surface area contributed by atoms with Crippen LogP contribution in [0.25, 0.3) is 0 Å². The Morgan fingerprint density at radius 2 is 2.06 bits per heavy atom. The van der Waals surface area contributed by atoms with Crippen molar-refractivity contribution in [1.82, 2.24) is 0 Å². The average Bonchev–Trinajstić information content (AvgIpc) is 2.28. The van der Waals surface area contributed by atoms with E-state index in [-0.39, 0.29) is 17.2 Å². The highest BCUT2D eigenvalue weighted by Crippen LogP contribution is 2.22. The van der Waals surface area contributed by atoms with Crippen molar-refractivity contribution in [2.75, 3.05) is 5.32 Å². The molecule has 5 heteroatoms. The van der Waals surface area contributed by atoms with E-state index in [0.717, 1.165) is 6.42 Å². The number of hydrogen-bond acceptors (Lipinski definition) is 3. The molecule has 0 unspecified atom stereocenters. The van der Waals surface area contributed by atoms with Gasteiger partial charge >= 0.3 is 5.97 Å². The molecule has 1 aromatic rings. The lowest BCUT2D eigenvalue weighted by Crippen LogP contribution is -2.12. The van der Waals surface area contributed by atoms with Gasteiger partial charge < -0.3 is 15.5 Å². The predicted octanol–water partition coefficient (Wildman–Crippen LogP) is 2.39. The number of carboxylic acids is 1. The second-order valence-corrected chi connectivity index (χ2v) is 3.79. The number of carbonyl (C=O) groups is 2. The van der Waals surface area contributed by atoms with Crippen LogP contribution < -0.4 is 5.32 Å². The van der Waals surface area contributed by atoms with Crippen LogP contribution in [-0.2, 0) is 4.79 Å². The summed E-state index contributed by atoms with van der Waals surface area (Å²) >= 11 is 0. The van der Waals surface area contributed by atoms with Crippen molar-refractivity contribution in [2.24, 2.45) is 0 Å². The lowest BCUT2D eigenvalue weighted by Gasteiger charge is -2.07.